The number of hydrogen-bond donors (Lipinski definition) is 2. The van der Waals surface area contributed by atoms with E-state index in [1.54, 1.807) is 7.11 Å². The number of imidazole rings is 1. The van der Waals surface area contributed by atoms with Crippen molar-refractivity contribution >= 4 is 5.69 Å². The number of nitrogens with two attached hydrogens (primary N) is 1. The first-order valence-electron chi connectivity index (χ1n) is 12.2. The Kier molecular flexibility index (Phi) is 6.88. The number of benzene rings is 1. The van der Waals surface area contributed by atoms with E-state index < -0.39 is 0 Å². The van der Waals surface area contributed by atoms with Gasteiger partial charge in [-0.15, -0.1) is 0 Å². The molecule has 6 nitrogen and oxygen atoms in total. The molecule has 0 aliphatic heterocycles. The number of anilines is 1. The summed E-state index contributed by atoms with van der Waals surface area (Å²) in [6, 6.07) is 10.9. The Bertz CT molecular complexity index is 1150. The second-order valence-corrected chi connectivity index (χ2v) is 9.10. The fourth-order valence-corrected chi connectivity index (χ4v) is 5.46. The number of ether oxygens (including phenoxy) is 1. The highest BCUT2D eigenvalue weighted by Crippen LogP contribution is 2.46. The van der Waals surface area contributed by atoms with Gasteiger partial charge in [-0.25, -0.2) is 4.98 Å². The van der Waals surface area contributed by atoms with Crippen LogP contribution in [0.1, 0.15) is 59.6 Å². The number of fused-ring (bicyclic) bond motifs is 1. The van der Waals surface area contributed by atoms with Gasteiger partial charge in [0.25, 0.3) is 0 Å². The lowest BCUT2D eigenvalue weighted by Crippen LogP contribution is -2.40. The zero-order chi connectivity index (χ0) is 23.3. The van der Waals surface area contributed by atoms with Gasteiger partial charge in [-0.05, 0) is 54.5 Å². The van der Waals surface area contributed by atoms with Gasteiger partial charge >= 0.3 is 0 Å². The van der Waals surface area contributed by atoms with Crippen molar-refractivity contribution in [3.63, 3.8) is 0 Å². The summed E-state index contributed by atoms with van der Waals surface area (Å²) in [7, 11) is 1.74. The first-order valence-corrected chi connectivity index (χ1v) is 12.2. The van der Waals surface area contributed by atoms with Crippen molar-refractivity contribution in [1.29, 1.82) is 0 Å². The summed E-state index contributed by atoms with van der Waals surface area (Å²) >= 11 is 0. The largest absolute Gasteiger partial charge is 0.380 e. The van der Waals surface area contributed by atoms with E-state index in [0.29, 0.717) is 13.2 Å². The third kappa shape index (κ3) is 4.43. The molecule has 3 aromatic rings. The molecular formula is C28H33N5O. The van der Waals surface area contributed by atoms with Gasteiger partial charge in [0.15, 0.2) is 0 Å². The fourth-order valence-electron chi connectivity index (χ4n) is 5.46. The zero-order valence-corrected chi connectivity index (χ0v) is 19.7. The van der Waals surface area contributed by atoms with Crippen LogP contribution in [0.25, 0.3) is 0 Å². The monoisotopic (exact) mass is 455 g/mol. The van der Waals surface area contributed by atoms with E-state index in [1.165, 1.54) is 11.3 Å². The van der Waals surface area contributed by atoms with Crippen molar-refractivity contribution in [2.45, 2.75) is 50.9 Å². The molecule has 176 valence electrons. The molecule has 3 atom stereocenters. The maximum atomic E-state index is 6.31. The summed E-state index contributed by atoms with van der Waals surface area (Å²) in [4.78, 5) is 15.7. The molecule has 6 heteroatoms. The van der Waals surface area contributed by atoms with Crippen molar-refractivity contribution in [2.24, 2.45) is 11.7 Å². The van der Waals surface area contributed by atoms with Crippen molar-refractivity contribution < 1.29 is 4.74 Å². The number of pyridine rings is 1. The Morgan fingerprint density at radius 3 is 2.91 bits per heavy atom. The van der Waals surface area contributed by atoms with E-state index in [1.807, 2.05) is 18.6 Å². The minimum atomic E-state index is 0.0113. The third-order valence-electron chi connectivity index (χ3n) is 6.98. The molecule has 5 rings (SSSR count). The second-order valence-electron chi connectivity index (χ2n) is 9.10. The summed E-state index contributed by atoms with van der Waals surface area (Å²) in [6.45, 7) is 1.02. The van der Waals surface area contributed by atoms with Gasteiger partial charge in [-0.1, -0.05) is 42.5 Å². The number of nitrogens with one attached hydrogen (secondary N) is 1. The molecule has 2 aliphatic rings. The smallest absolute Gasteiger partial charge is 0.129 e. The third-order valence-corrected chi connectivity index (χ3v) is 6.98. The molecule has 0 amide bonds. The first kappa shape index (κ1) is 22.6. The molecule has 3 N–H and O–H groups in total. The normalized spacial score (nSPS) is 20.2. The van der Waals surface area contributed by atoms with Crippen molar-refractivity contribution in [1.82, 2.24) is 15.0 Å². The number of methoxy groups -OCH3 is 1. The summed E-state index contributed by atoms with van der Waals surface area (Å²) in [5.74, 6) is 1.23. The molecule has 2 aliphatic carbocycles. The Morgan fingerprint density at radius 1 is 1.21 bits per heavy atom. The number of rotatable bonds is 8. The summed E-state index contributed by atoms with van der Waals surface area (Å²) in [5.41, 5.74) is 12.2. The minimum absolute atomic E-state index is 0.0113. The lowest BCUT2D eigenvalue weighted by atomic mass is 9.84. The van der Waals surface area contributed by atoms with Gasteiger partial charge in [-0.3, -0.25) is 4.98 Å². The van der Waals surface area contributed by atoms with E-state index >= 15 is 0 Å². The van der Waals surface area contributed by atoms with Crippen LogP contribution in [0.15, 0.2) is 73.2 Å². The molecule has 2 heterocycles. The number of H-pyrrole nitrogens is 1. The van der Waals surface area contributed by atoms with Crippen LogP contribution in [0.2, 0.25) is 0 Å². The van der Waals surface area contributed by atoms with Gasteiger partial charge in [0.1, 0.15) is 5.82 Å². The fraction of sp³-hybridized carbons (Fsp3) is 0.357. The molecule has 0 saturated carbocycles. The number of aromatic nitrogens is 3. The van der Waals surface area contributed by atoms with Gasteiger partial charge in [0.2, 0.25) is 0 Å². The number of aryl methyl sites for hydroxylation is 1. The average Bonchev–Trinajstić information content (AvgIpc) is 3.42. The van der Waals surface area contributed by atoms with Crippen LogP contribution in [0, 0.1) is 5.92 Å². The highest BCUT2D eigenvalue weighted by atomic mass is 16.5. The van der Waals surface area contributed by atoms with Crippen molar-refractivity contribution in [3.05, 3.63) is 101 Å². The van der Waals surface area contributed by atoms with Gasteiger partial charge in [0, 0.05) is 43.9 Å². The standard InChI is InChI=1S/C28H33N5O/c1-34-19-20-12-13-23(18-29)25(17-20)33(24-11-5-9-21-10-6-14-30-26(21)24)27(28-31-15-16-32-28)22-7-3-2-4-8-22/h2-4,6-7,10,12-17,22,24,27H,5,8-9,11,18-19,29H2,1H3,(H,31,32). The van der Waals surface area contributed by atoms with E-state index in [-0.39, 0.29) is 18.0 Å². The Labute approximate surface area is 201 Å². The van der Waals surface area contributed by atoms with Crippen LogP contribution in [-0.2, 0) is 24.3 Å². The Morgan fingerprint density at radius 2 is 2.15 bits per heavy atom. The highest BCUT2D eigenvalue weighted by Gasteiger charge is 2.38. The van der Waals surface area contributed by atoms with Crippen LogP contribution in [0.5, 0.6) is 0 Å². The topological polar surface area (TPSA) is 80.1 Å². The van der Waals surface area contributed by atoms with Crippen LogP contribution in [0.4, 0.5) is 5.69 Å². The molecule has 1 aromatic carbocycles. The molecule has 0 spiro atoms. The maximum absolute atomic E-state index is 6.31. The van der Waals surface area contributed by atoms with Crippen molar-refractivity contribution in [2.75, 3.05) is 12.0 Å². The number of aromatic amines is 1. The van der Waals surface area contributed by atoms with Gasteiger partial charge in [-0.2, -0.15) is 0 Å². The average molecular weight is 456 g/mol. The van der Waals surface area contributed by atoms with Crippen molar-refractivity contribution in [3.8, 4) is 0 Å². The Hall–Kier alpha value is -3.22. The number of allylic oxidation sites excluding steroid dienone is 3. The minimum Gasteiger partial charge on any atom is -0.380 e. The lowest BCUT2D eigenvalue weighted by molar-refractivity contribution is 0.185. The van der Waals surface area contributed by atoms with Crippen LogP contribution in [-0.4, -0.2) is 22.1 Å². The van der Waals surface area contributed by atoms with E-state index in [2.05, 4.69) is 64.5 Å². The highest BCUT2D eigenvalue weighted by molar-refractivity contribution is 5.59. The quantitative estimate of drug-likeness (QED) is 0.490. The van der Waals surface area contributed by atoms with E-state index in [4.69, 9.17) is 20.4 Å². The van der Waals surface area contributed by atoms with E-state index in [0.717, 1.165) is 48.3 Å². The van der Waals surface area contributed by atoms with Crippen LogP contribution < -0.4 is 10.6 Å². The molecule has 34 heavy (non-hydrogen) atoms. The molecule has 0 bridgehead atoms. The SMILES string of the molecule is COCc1ccc(CN)c(N(C2CCCc3cccnc32)C(c2ncc[nH]2)C2C=CC=CC2)c1. The van der Waals surface area contributed by atoms with Crippen LogP contribution >= 0.6 is 0 Å². The Balaban J connectivity index is 1.72. The maximum Gasteiger partial charge on any atom is 0.129 e. The van der Waals surface area contributed by atoms with Gasteiger partial charge < -0.3 is 20.4 Å². The predicted molar refractivity (Wildman–Crippen MR) is 135 cm³/mol. The number of hydrogen-bond acceptors (Lipinski definition) is 5. The zero-order valence-electron chi connectivity index (χ0n) is 19.7. The molecule has 0 fully saturated rings. The molecule has 2 aromatic heterocycles. The molecule has 0 saturated heterocycles. The summed E-state index contributed by atoms with van der Waals surface area (Å²) in [6.07, 6.45) is 18.7. The summed E-state index contributed by atoms with van der Waals surface area (Å²) in [5, 5.41) is 0. The summed E-state index contributed by atoms with van der Waals surface area (Å²) < 4.78 is 5.49. The lowest BCUT2D eigenvalue weighted by Gasteiger charge is -2.44. The van der Waals surface area contributed by atoms with E-state index in [9.17, 15) is 0 Å². The second kappa shape index (κ2) is 10.4. The van der Waals surface area contributed by atoms with Gasteiger partial charge in [0.05, 0.1) is 24.4 Å². The molecule has 3 unspecified atom stereocenters. The van der Waals surface area contributed by atoms with Crippen LogP contribution in [0.3, 0.4) is 0 Å². The first-order chi connectivity index (χ1) is 16.8. The molecule has 0 radical (unpaired) electrons. The predicted octanol–water partition coefficient (Wildman–Crippen LogP) is 5.17. The molecular weight excluding hydrogens is 422 g/mol. The number of nitrogens with zero attached hydrogens (tertiary/aromatic N) is 3.